The molecule has 0 heterocycles. The van der Waals surface area contributed by atoms with Crippen molar-refractivity contribution in [1.82, 2.24) is 0 Å². The van der Waals surface area contributed by atoms with Crippen molar-refractivity contribution in [2.75, 3.05) is 0 Å². The van der Waals surface area contributed by atoms with Gasteiger partial charge in [-0.2, -0.15) is 10.2 Å². The van der Waals surface area contributed by atoms with Gasteiger partial charge in [0.25, 0.3) is 0 Å². The van der Waals surface area contributed by atoms with E-state index < -0.39 is 5.54 Å². The zero-order valence-corrected chi connectivity index (χ0v) is 10.2. The van der Waals surface area contributed by atoms with Crippen molar-refractivity contribution in [2.45, 2.75) is 12.5 Å². The summed E-state index contributed by atoms with van der Waals surface area (Å²) in [7, 11) is 0. The molecule has 1 aromatic carbocycles. The molecule has 0 aliphatic heterocycles. The number of azo groups is 1. The maximum atomic E-state index is 4.09. The third-order valence-electron chi connectivity index (χ3n) is 1.63. The molecule has 1 atom stereocenters. The fraction of sp³-hybridized carbons (Fsp3) is 0.167. The molecule has 0 aromatic heterocycles. The van der Waals surface area contributed by atoms with Crippen molar-refractivity contribution in [3.8, 4) is 0 Å². The Labute approximate surface area is 98.6 Å². The molecule has 0 aliphatic carbocycles. The molecule has 0 aliphatic rings. The smallest absolute Gasteiger partial charge is 0.105 e. The molecule has 0 bridgehead atoms. The summed E-state index contributed by atoms with van der Waals surface area (Å²) >= 11 is 3.35. The van der Waals surface area contributed by atoms with E-state index in [9.17, 15) is 0 Å². The van der Waals surface area contributed by atoms with Crippen LogP contribution in [-0.4, -0.2) is 5.54 Å². The quantitative estimate of drug-likeness (QED) is 0.568. The summed E-state index contributed by atoms with van der Waals surface area (Å²) in [5, 5.41) is 8.17. The van der Waals surface area contributed by atoms with Crippen molar-refractivity contribution < 1.29 is 0 Å². The van der Waals surface area contributed by atoms with Crippen LogP contribution in [0.2, 0.25) is 0 Å². The van der Waals surface area contributed by atoms with Crippen LogP contribution in [0.3, 0.4) is 0 Å². The molecular weight excluding hydrogens is 252 g/mol. The third kappa shape index (κ3) is 4.24. The van der Waals surface area contributed by atoms with Crippen LogP contribution in [0.1, 0.15) is 6.92 Å². The normalized spacial score (nSPS) is 11.4. The lowest BCUT2D eigenvalue weighted by Gasteiger charge is -2.09. The van der Waals surface area contributed by atoms with E-state index in [2.05, 4.69) is 45.4 Å². The highest BCUT2D eigenvalue weighted by Crippen LogP contribution is 2.19. The van der Waals surface area contributed by atoms with E-state index in [1.54, 1.807) is 6.08 Å². The van der Waals surface area contributed by atoms with Crippen LogP contribution < -0.4 is 0 Å². The van der Waals surface area contributed by atoms with Gasteiger partial charge in [0.05, 0.1) is 5.69 Å². The second kappa shape index (κ2) is 5.06. The van der Waals surface area contributed by atoms with Gasteiger partial charge < -0.3 is 0 Å². The number of benzene rings is 1. The van der Waals surface area contributed by atoms with E-state index in [0.29, 0.717) is 0 Å². The van der Waals surface area contributed by atoms with Crippen molar-refractivity contribution in [1.29, 1.82) is 0 Å². The van der Waals surface area contributed by atoms with Crippen LogP contribution in [-0.2, 0) is 0 Å². The lowest BCUT2D eigenvalue weighted by Crippen LogP contribution is -2.10. The molecule has 0 spiro atoms. The zero-order chi connectivity index (χ0) is 11.3. The average molecular weight is 264 g/mol. The van der Waals surface area contributed by atoms with Gasteiger partial charge in [0.15, 0.2) is 0 Å². The second-order valence-corrected chi connectivity index (χ2v) is 4.30. The molecule has 3 heteroatoms. The first-order chi connectivity index (χ1) is 7.03. The monoisotopic (exact) mass is 263 g/mol. The van der Waals surface area contributed by atoms with E-state index in [0.717, 1.165) is 10.2 Å². The van der Waals surface area contributed by atoms with Crippen LogP contribution in [0, 0.1) is 6.92 Å². The van der Waals surface area contributed by atoms with Gasteiger partial charge in [-0.1, -0.05) is 22.5 Å². The molecular formula is C12H12BrN2. The molecule has 1 unspecified atom stereocenters. The Kier molecular flexibility index (Phi) is 4.01. The number of halogens is 1. The average Bonchev–Trinajstić information content (AvgIpc) is 2.17. The van der Waals surface area contributed by atoms with Crippen molar-refractivity contribution in [2.24, 2.45) is 10.2 Å². The molecule has 2 nitrogen and oxygen atoms in total. The second-order valence-electron chi connectivity index (χ2n) is 3.38. The van der Waals surface area contributed by atoms with Gasteiger partial charge in [-0.05, 0) is 44.2 Å². The first kappa shape index (κ1) is 11.9. The van der Waals surface area contributed by atoms with E-state index >= 15 is 0 Å². The lowest BCUT2D eigenvalue weighted by molar-refractivity contribution is 0.688. The van der Waals surface area contributed by atoms with E-state index in [1.807, 2.05) is 31.2 Å². The minimum absolute atomic E-state index is 0.602. The van der Waals surface area contributed by atoms with Crippen LogP contribution >= 0.6 is 15.9 Å². The molecule has 1 radical (unpaired) electrons. The fourth-order valence-electron chi connectivity index (χ4n) is 0.928. The Hall–Kier alpha value is -1.18. The van der Waals surface area contributed by atoms with Crippen LogP contribution in [0.15, 0.2) is 57.4 Å². The van der Waals surface area contributed by atoms with Gasteiger partial charge in [-0.25, -0.2) is 0 Å². The maximum Gasteiger partial charge on any atom is 0.105 e. The Balaban J connectivity index is 2.81. The Morgan fingerprint density at radius 2 is 2.00 bits per heavy atom. The number of nitrogens with zero attached hydrogens (tertiary/aromatic N) is 2. The number of hydrogen-bond acceptors (Lipinski definition) is 2. The van der Waals surface area contributed by atoms with Crippen LogP contribution in [0.5, 0.6) is 0 Å². The highest BCUT2D eigenvalue weighted by Gasteiger charge is 2.11. The number of rotatable bonds is 3. The summed E-state index contributed by atoms with van der Waals surface area (Å²) in [5.74, 6) is 0. The summed E-state index contributed by atoms with van der Waals surface area (Å²) in [5.41, 5.74) is 2.85. The van der Waals surface area contributed by atoms with Gasteiger partial charge >= 0.3 is 0 Å². The first-order valence-corrected chi connectivity index (χ1v) is 5.24. The Morgan fingerprint density at radius 1 is 1.40 bits per heavy atom. The van der Waals surface area contributed by atoms with Crippen molar-refractivity contribution in [3.05, 3.63) is 54.0 Å². The van der Waals surface area contributed by atoms with Crippen molar-refractivity contribution >= 4 is 21.6 Å². The summed E-state index contributed by atoms with van der Waals surface area (Å²) in [6, 6.07) is 7.58. The highest BCUT2D eigenvalue weighted by molar-refractivity contribution is 9.10. The van der Waals surface area contributed by atoms with Gasteiger partial charge in [-0.3, -0.25) is 0 Å². The maximum absolute atomic E-state index is 4.09. The molecule has 1 aromatic rings. The molecule has 0 saturated heterocycles. The first-order valence-electron chi connectivity index (χ1n) is 4.44. The van der Waals surface area contributed by atoms with Crippen molar-refractivity contribution in [3.63, 3.8) is 0 Å². The molecule has 0 N–H and O–H groups in total. The molecule has 0 fully saturated rings. The van der Waals surface area contributed by atoms with Gasteiger partial charge in [0, 0.05) is 4.47 Å². The van der Waals surface area contributed by atoms with E-state index in [1.165, 1.54) is 0 Å². The fourth-order valence-corrected chi connectivity index (χ4v) is 1.19. The summed E-state index contributed by atoms with van der Waals surface area (Å²) < 4.78 is 1.02. The standard InChI is InChI=1S/C12H12BrN2/c1-4-9-12(2,3)15-14-11-7-5-10(13)6-8-11/h5-9H,1-2H2,3H3. The predicted molar refractivity (Wildman–Crippen MR) is 66.1 cm³/mol. The van der Waals surface area contributed by atoms with E-state index in [4.69, 9.17) is 0 Å². The molecule has 0 amide bonds. The van der Waals surface area contributed by atoms with Gasteiger partial charge in [0.1, 0.15) is 5.54 Å². The Bertz CT molecular complexity index is 398. The summed E-state index contributed by atoms with van der Waals surface area (Å²) in [6.45, 7) is 9.19. The predicted octanol–water partition coefficient (Wildman–Crippen LogP) is 4.47. The Morgan fingerprint density at radius 3 is 2.53 bits per heavy atom. The highest BCUT2D eigenvalue weighted by atomic mass is 79.9. The third-order valence-corrected chi connectivity index (χ3v) is 2.16. The van der Waals surface area contributed by atoms with Gasteiger partial charge in [0.2, 0.25) is 0 Å². The minimum Gasteiger partial charge on any atom is -0.177 e. The molecule has 0 saturated carbocycles. The summed E-state index contributed by atoms with van der Waals surface area (Å²) in [6.07, 6.45) is 1.68. The summed E-state index contributed by atoms with van der Waals surface area (Å²) in [4.78, 5) is 0. The largest absolute Gasteiger partial charge is 0.177 e. The number of hydrogen-bond donors (Lipinski definition) is 0. The molecule has 77 valence electrons. The molecule has 1 rings (SSSR count). The van der Waals surface area contributed by atoms with Crippen LogP contribution in [0.4, 0.5) is 5.69 Å². The van der Waals surface area contributed by atoms with Crippen LogP contribution in [0.25, 0.3) is 0 Å². The SMILES string of the molecule is [CH2]C(C)(C=C=C)N=Nc1ccc(Br)cc1. The van der Waals surface area contributed by atoms with E-state index in [-0.39, 0.29) is 0 Å². The zero-order valence-electron chi connectivity index (χ0n) is 8.57. The minimum atomic E-state index is -0.602. The van der Waals surface area contributed by atoms with Gasteiger partial charge in [-0.15, -0.1) is 5.73 Å². The topological polar surface area (TPSA) is 24.7 Å². The lowest BCUT2D eigenvalue weighted by atomic mass is 10.1. The molecule has 15 heavy (non-hydrogen) atoms.